The van der Waals surface area contributed by atoms with Gasteiger partial charge in [0, 0.05) is 6.54 Å². The van der Waals surface area contributed by atoms with Crippen LogP contribution in [-0.2, 0) is 9.53 Å². The Kier molecular flexibility index (Phi) is 3.35. The normalized spacial score (nSPS) is 17.5. The number of aliphatic carboxylic acids is 1. The van der Waals surface area contributed by atoms with E-state index in [2.05, 4.69) is 10.1 Å². The van der Waals surface area contributed by atoms with Crippen LogP contribution in [0.25, 0.3) is 0 Å². The highest BCUT2D eigenvalue weighted by atomic mass is 19.4. The minimum absolute atomic E-state index is 0.00342. The summed E-state index contributed by atoms with van der Waals surface area (Å²) < 4.78 is 39.0. The second kappa shape index (κ2) is 4.35. The number of carboxylic acid groups (broad SMARTS) is 1. The fourth-order valence-corrected chi connectivity index (χ4v) is 0.997. The Balaban J connectivity index is 2.72. The van der Waals surface area contributed by atoms with Crippen LogP contribution in [0, 0.1) is 0 Å². The molecule has 0 bridgehead atoms. The first-order valence-electron chi connectivity index (χ1n) is 3.98. The molecule has 2 N–H and O–H groups in total. The topological polar surface area (TPSA) is 58.6 Å². The van der Waals surface area contributed by atoms with E-state index in [9.17, 15) is 18.0 Å². The third-order valence-corrected chi connectivity index (χ3v) is 1.61. The predicted molar refractivity (Wildman–Crippen MR) is 43.8 cm³/mol. The lowest BCUT2D eigenvalue weighted by Crippen LogP contribution is -2.24. The SMILES string of the molecule is O=C(O)C1=CC=C(OC(F)(F)F)CNC1. The Morgan fingerprint density at radius 2 is 2.07 bits per heavy atom. The molecule has 0 aliphatic carbocycles. The van der Waals surface area contributed by atoms with E-state index >= 15 is 0 Å². The zero-order chi connectivity index (χ0) is 11.5. The van der Waals surface area contributed by atoms with Crippen molar-refractivity contribution in [3.8, 4) is 0 Å². The van der Waals surface area contributed by atoms with Crippen molar-refractivity contribution < 1.29 is 27.8 Å². The predicted octanol–water partition coefficient (Wildman–Crippen LogP) is 1.02. The summed E-state index contributed by atoms with van der Waals surface area (Å²) in [6.07, 6.45) is -2.67. The molecule has 7 heteroatoms. The van der Waals surface area contributed by atoms with E-state index in [1.54, 1.807) is 0 Å². The fraction of sp³-hybridized carbons (Fsp3) is 0.375. The van der Waals surface area contributed by atoms with E-state index in [4.69, 9.17) is 5.11 Å². The molecule has 0 unspecified atom stereocenters. The maximum Gasteiger partial charge on any atom is 0.572 e. The molecule has 1 heterocycles. The van der Waals surface area contributed by atoms with Crippen molar-refractivity contribution in [2.75, 3.05) is 13.1 Å². The van der Waals surface area contributed by atoms with Crippen LogP contribution in [0.1, 0.15) is 0 Å². The van der Waals surface area contributed by atoms with Crippen LogP contribution in [0.3, 0.4) is 0 Å². The van der Waals surface area contributed by atoms with Crippen molar-refractivity contribution in [1.29, 1.82) is 0 Å². The van der Waals surface area contributed by atoms with Gasteiger partial charge in [0.25, 0.3) is 0 Å². The number of halogens is 3. The van der Waals surface area contributed by atoms with Gasteiger partial charge in [-0.25, -0.2) is 4.79 Å². The lowest BCUT2D eigenvalue weighted by Gasteiger charge is -2.11. The van der Waals surface area contributed by atoms with Crippen LogP contribution in [0.2, 0.25) is 0 Å². The maximum atomic E-state index is 11.8. The van der Waals surface area contributed by atoms with Crippen LogP contribution in [0.15, 0.2) is 23.5 Å². The third-order valence-electron chi connectivity index (χ3n) is 1.61. The Morgan fingerprint density at radius 1 is 1.40 bits per heavy atom. The van der Waals surface area contributed by atoms with E-state index in [0.29, 0.717) is 0 Å². The second-order valence-electron chi connectivity index (χ2n) is 2.78. The summed E-state index contributed by atoms with van der Waals surface area (Å²) in [5, 5.41) is 11.1. The van der Waals surface area contributed by atoms with E-state index < -0.39 is 12.3 Å². The molecule has 0 atom stereocenters. The van der Waals surface area contributed by atoms with Gasteiger partial charge in [0.05, 0.1) is 12.1 Å². The zero-order valence-corrected chi connectivity index (χ0v) is 7.47. The van der Waals surface area contributed by atoms with Crippen LogP contribution >= 0.6 is 0 Å². The average Bonchev–Trinajstić information content (AvgIpc) is 2.26. The highest BCUT2D eigenvalue weighted by Gasteiger charge is 2.32. The van der Waals surface area contributed by atoms with Gasteiger partial charge in [-0.3, -0.25) is 0 Å². The number of carbonyl (C=O) groups is 1. The number of hydrogen-bond acceptors (Lipinski definition) is 3. The minimum Gasteiger partial charge on any atom is -0.478 e. The number of alkyl halides is 3. The van der Waals surface area contributed by atoms with Gasteiger partial charge in [0.1, 0.15) is 5.76 Å². The summed E-state index contributed by atoms with van der Waals surface area (Å²) in [6, 6.07) is 0. The van der Waals surface area contributed by atoms with Gasteiger partial charge in [0.2, 0.25) is 0 Å². The molecule has 0 aromatic rings. The van der Waals surface area contributed by atoms with E-state index in [1.165, 1.54) is 0 Å². The zero-order valence-electron chi connectivity index (χ0n) is 7.47. The molecule has 1 aliphatic heterocycles. The largest absolute Gasteiger partial charge is 0.572 e. The Hall–Kier alpha value is -1.50. The summed E-state index contributed by atoms with van der Waals surface area (Å²) in [4.78, 5) is 10.5. The first-order valence-corrected chi connectivity index (χ1v) is 3.98. The summed E-state index contributed by atoms with van der Waals surface area (Å²) >= 11 is 0. The number of ether oxygens (including phenoxy) is 1. The van der Waals surface area contributed by atoms with Crippen LogP contribution in [0.4, 0.5) is 13.2 Å². The molecule has 15 heavy (non-hydrogen) atoms. The van der Waals surface area contributed by atoms with Crippen molar-refractivity contribution >= 4 is 5.97 Å². The molecular formula is C8H8F3NO3. The molecule has 0 aromatic heterocycles. The standard InChI is InChI=1S/C8H8F3NO3/c9-8(10,11)15-6-2-1-5(7(13)14)3-12-4-6/h1-2,12H,3-4H2,(H,13,14). The first kappa shape index (κ1) is 11.6. The van der Waals surface area contributed by atoms with Crippen LogP contribution in [-0.4, -0.2) is 30.5 Å². The molecule has 1 rings (SSSR count). The molecule has 0 spiro atoms. The lowest BCUT2D eigenvalue weighted by molar-refractivity contribution is -0.305. The van der Waals surface area contributed by atoms with Gasteiger partial charge in [-0.1, -0.05) is 0 Å². The van der Waals surface area contributed by atoms with Crippen molar-refractivity contribution in [3.63, 3.8) is 0 Å². The molecule has 0 saturated carbocycles. The van der Waals surface area contributed by atoms with Crippen molar-refractivity contribution in [1.82, 2.24) is 5.32 Å². The third kappa shape index (κ3) is 4.03. The van der Waals surface area contributed by atoms with Crippen LogP contribution < -0.4 is 5.32 Å². The smallest absolute Gasteiger partial charge is 0.478 e. The number of rotatable bonds is 2. The summed E-state index contributed by atoms with van der Waals surface area (Å²) in [5.74, 6) is -1.54. The first-order chi connectivity index (χ1) is 6.88. The summed E-state index contributed by atoms with van der Waals surface area (Å²) in [6.45, 7) is -0.163. The minimum atomic E-state index is -4.75. The highest BCUT2D eigenvalue weighted by Crippen LogP contribution is 2.21. The van der Waals surface area contributed by atoms with Gasteiger partial charge >= 0.3 is 12.3 Å². The molecule has 0 radical (unpaired) electrons. The molecule has 1 aliphatic rings. The molecule has 0 aromatic carbocycles. The van der Waals surface area contributed by atoms with Gasteiger partial charge < -0.3 is 15.2 Å². The molecule has 4 nitrogen and oxygen atoms in total. The van der Waals surface area contributed by atoms with Gasteiger partial charge in [0.15, 0.2) is 0 Å². The Morgan fingerprint density at radius 3 is 2.60 bits per heavy atom. The van der Waals surface area contributed by atoms with Crippen molar-refractivity contribution in [2.24, 2.45) is 0 Å². The summed E-state index contributed by atoms with van der Waals surface area (Å²) in [5.41, 5.74) is -0.0178. The molecule has 0 fully saturated rings. The average molecular weight is 223 g/mol. The maximum absolute atomic E-state index is 11.8. The van der Waals surface area contributed by atoms with Crippen molar-refractivity contribution in [3.05, 3.63) is 23.5 Å². The van der Waals surface area contributed by atoms with Crippen LogP contribution in [0.5, 0.6) is 0 Å². The van der Waals surface area contributed by atoms with E-state index in [1.807, 2.05) is 0 Å². The second-order valence-corrected chi connectivity index (χ2v) is 2.78. The van der Waals surface area contributed by atoms with E-state index in [-0.39, 0.29) is 24.4 Å². The monoisotopic (exact) mass is 223 g/mol. The van der Waals surface area contributed by atoms with Gasteiger partial charge in [-0.15, -0.1) is 13.2 Å². The Labute approximate surface area is 83.0 Å². The molecule has 84 valence electrons. The number of carboxylic acids is 1. The quantitative estimate of drug-likeness (QED) is 0.733. The van der Waals surface area contributed by atoms with Gasteiger partial charge in [-0.2, -0.15) is 0 Å². The summed E-state index contributed by atoms with van der Waals surface area (Å²) in [7, 11) is 0. The lowest BCUT2D eigenvalue weighted by atomic mass is 10.2. The van der Waals surface area contributed by atoms with Crippen molar-refractivity contribution in [2.45, 2.75) is 6.36 Å². The number of nitrogens with one attached hydrogen (secondary N) is 1. The molecular weight excluding hydrogens is 215 g/mol. The highest BCUT2D eigenvalue weighted by molar-refractivity contribution is 5.87. The Bertz CT molecular complexity index is 320. The fourth-order valence-electron chi connectivity index (χ4n) is 0.997. The van der Waals surface area contributed by atoms with E-state index in [0.717, 1.165) is 12.2 Å². The molecule has 0 amide bonds. The number of allylic oxidation sites excluding steroid dienone is 2. The van der Waals surface area contributed by atoms with Gasteiger partial charge in [-0.05, 0) is 12.2 Å². The number of hydrogen-bond donors (Lipinski definition) is 2. The molecule has 0 saturated heterocycles.